The van der Waals surface area contributed by atoms with E-state index in [0.29, 0.717) is 41.3 Å². The number of carbonyl (C=O) groups is 2. The Morgan fingerprint density at radius 2 is 1.94 bits per heavy atom. The van der Waals surface area contributed by atoms with Crippen molar-refractivity contribution in [1.82, 2.24) is 0 Å². The fraction of sp³-hybridized carbons (Fsp3) is 0.318. The highest BCUT2D eigenvalue weighted by atomic mass is 32.2. The van der Waals surface area contributed by atoms with E-state index in [2.05, 4.69) is 10.3 Å². The second-order valence-electron chi connectivity index (χ2n) is 6.78. The molecule has 8 nitrogen and oxygen atoms in total. The Morgan fingerprint density at radius 3 is 2.68 bits per heavy atom. The van der Waals surface area contributed by atoms with Gasteiger partial charge in [0, 0.05) is 24.7 Å². The molecular weight excluding hydrogens is 418 g/mol. The molecule has 0 aromatic heterocycles. The molecule has 0 spiro atoms. The van der Waals surface area contributed by atoms with Crippen LogP contribution in [0.1, 0.15) is 20.3 Å². The van der Waals surface area contributed by atoms with Crippen LogP contribution < -0.4 is 24.4 Å². The van der Waals surface area contributed by atoms with Gasteiger partial charge in [-0.05, 0) is 50.2 Å². The molecule has 0 radical (unpaired) electrons. The predicted octanol–water partition coefficient (Wildman–Crippen LogP) is 3.67. The molecule has 2 aliphatic rings. The standard InChI is InChI=1S/C22H23N3O5S/c1-3-23-22(24-14-5-10-17-18(11-14)30-13-29-17)31-19-12-20(26)25(21(19)27)15-6-8-16(9-7-15)28-4-2/h5-11,19H,3-4,12-13H2,1-2H3,(H,23,24)/t19-/m0/s1. The van der Waals surface area contributed by atoms with Gasteiger partial charge in [0.05, 0.1) is 12.3 Å². The topological polar surface area (TPSA) is 89.5 Å². The summed E-state index contributed by atoms with van der Waals surface area (Å²) < 4.78 is 16.2. The molecule has 0 unspecified atom stereocenters. The summed E-state index contributed by atoms with van der Waals surface area (Å²) in [5, 5.41) is 3.25. The first-order valence-corrected chi connectivity index (χ1v) is 10.9. The molecule has 2 heterocycles. The van der Waals surface area contributed by atoms with Crippen LogP contribution in [0.25, 0.3) is 0 Å². The maximum atomic E-state index is 13.0. The Labute approximate surface area is 184 Å². The van der Waals surface area contributed by atoms with Gasteiger partial charge in [0.25, 0.3) is 0 Å². The number of ether oxygens (including phenoxy) is 3. The van der Waals surface area contributed by atoms with Crippen molar-refractivity contribution < 1.29 is 23.8 Å². The van der Waals surface area contributed by atoms with E-state index in [0.717, 1.165) is 5.69 Å². The third kappa shape index (κ3) is 4.61. The zero-order chi connectivity index (χ0) is 21.8. The van der Waals surface area contributed by atoms with Crippen LogP contribution in [0, 0.1) is 0 Å². The van der Waals surface area contributed by atoms with Crippen molar-refractivity contribution in [1.29, 1.82) is 0 Å². The first kappa shape index (κ1) is 21.0. The fourth-order valence-electron chi connectivity index (χ4n) is 3.31. The normalized spacial score (nSPS) is 17.9. The van der Waals surface area contributed by atoms with Crippen molar-refractivity contribution in [3.05, 3.63) is 42.5 Å². The zero-order valence-corrected chi connectivity index (χ0v) is 18.1. The molecule has 2 aliphatic heterocycles. The van der Waals surface area contributed by atoms with Crippen molar-refractivity contribution in [2.75, 3.05) is 30.2 Å². The molecule has 31 heavy (non-hydrogen) atoms. The Balaban J connectivity index is 1.46. The summed E-state index contributed by atoms with van der Waals surface area (Å²) >= 11 is 1.26. The van der Waals surface area contributed by atoms with Crippen molar-refractivity contribution in [3.8, 4) is 17.2 Å². The van der Waals surface area contributed by atoms with Crippen molar-refractivity contribution in [3.63, 3.8) is 0 Å². The molecule has 1 atom stereocenters. The maximum Gasteiger partial charge on any atom is 0.247 e. The van der Waals surface area contributed by atoms with Gasteiger partial charge < -0.3 is 19.5 Å². The van der Waals surface area contributed by atoms with E-state index >= 15 is 0 Å². The lowest BCUT2D eigenvalue weighted by Gasteiger charge is -2.16. The first-order chi connectivity index (χ1) is 15.1. The molecule has 1 fully saturated rings. The smallest absolute Gasteiger partial charge is 0.247 e. The van der Waals surface area contributed by atoms with Gasteiger partial charge in [-0.2, -0.15) is 0 Å². The van der Waals surface area contributed by atoms with Gasteiger partial charge in [0.1, 0.15) is 11.0 Å². The average molecular weight is 442 g/mol. The van der Waals surface area contributed by atoms with Crippen LogP contribution in [0.4, 0.5) is 11.4 Å². The molecule has 1 saturated heterocycles. The number of amidine groups is 1. The first-order valence-electron chi connectivity index (χ1n) is 10.1. The number of nitrogens with zero attached hydrogens (tertiary/aromatic N) is 2. The number of fused-ring (bicyclic) bond motifs is 1. The van der Waals surface area contributed by atoms with E-state index in [1.54, 1.807) is 24.3 Å². The molecule has 1 N–H and O–H groups in total. The Bertz CT molecular complexity index is 1010. The third-order valence-corrected chi connectivity index (χ3v) is 5.80. The van der Waals surface area contributed by atoms with Gasteiger partial charge in [-0.15, -0.1) is 0 Å². The quantitative estimate of drug-likeness (QED) is 0.416. The van der Waals surface area contributed by atoms with E-state index in [1.165, 1.54) is 16.7 Å². The number of carbonyl (C=O) groups excluding carboxylic acids is 2. The third-order valence-electron chi connectivity index (χ3n) is 4.69. The number of aliphatic imine (C=N–C) groups is 1. The molecule has 2 aromatic rings. The van der Waals surface area contributed by atoms with Gasteiger partial charge in [-0.25, -0.2) is 4.90 Å². The van der Waals surface area contributed by atoms with Crippen molar-refractivity contribution >= 4 is 40.1 Å². The molecular formula is C22H23N3O5S. The predicted molar refractivity (Wildman–Crippen MR) is 120 cm³/mol. The molecule has 162 valence electrons. The van der Waals surface area contributed by atoms with E-state index in [4.69, 9.17) is 14.2 Å². The average Bonchev–Trinajstić information content (AvgIpc) is 3.33. The summed E-state index contributed by atoms with van der Waals surface area (Å²) in [6.07, 6.45) is 0.113. The summed E-state index contributed by atoms with van der Waals surface area (Å²) in [4.78, 5) is 31.3. The van der Waals surface area contributed by atoms with Gasteiger partial charge in [-0.3, -0.25) is 14.6 Å². The lowest BCUT2D eigenvalue weighted by Crippen LogP contribution is -2.31. The van der Waals surface area contributed by atoms with Gasteiger partial charge >= 0.3 is 0 Å². The number of rotatable bonds is 6. The number of thioether (sulfide) groups is 1. The number of nitrogens with one attached hydrogen (secondary N) is 1. The highest BCUT2D eigenvalue weighted by Crippen LogP contribution is 2.35. The minimum Gasteiger partial charge on any atom is -0.494 e. The van der Waals surface area contributed by atoms with E-state index in [1.807, 2.05) is 32.0 Å². The van der Waals surface area contributed by atoms with E-state index in [9.17, 15) is 9.59 Å². The van der Waals surface area contributed by atoms with Crippen LogP contribution in [-0.2, 0) is 9.59 Å². The van der Waals surface area contributed by atoms with E-state index < -0.39 is 5.25 Å². The second kappa shape index (κ2) is 9.30. The molecule has 4 rings (SSSR count). The van der Waals surface area contributed by atoms with Crippen LogP contribution >= 0.6 is 11.8 Å². The van der Waals surface area contributed by atoms with Crippen LogP contribution in [0.5, 0.6) is 17.2 Å². The zero-order valence-electron chi connectivity index (χ0n) is 17.3. The second-order valence-corrected chi connectivity index (χ2v) is 7.97. The number of amides is 2. The fourth-order valence-corrected chi connectivity index (χ4v) is 4.39. The lowest BCUT2D eigenvalue weighted by atomic mass is 10.3. The molecule has 2 amide bonds. The van der Waals surface area contributed by atoms with Crippen LogP contribution in [0.2, 0.25) is 0 Å². The molecule has 0 bridgehead atoms. The Hall–Kier alpha value is -3.20. The molecule has 2 aromatic carbocycles. The summed E-state index contributed by atoms with van der Waals surface area (Å²) in [6, 6.07) is 12.4. The number of hydrogen-bond acceptors (Lipinski definition) is 7. The van der Waals surface area contributed by atoms with Crippen LogP contribution in [0.3, 0.4) is 0 Å². The van der Waals surface area contributed by atoms with E-state index in [-0.39, 0.29) is 25.0 Å². The van der Waals surface area contributed by atoms with Crippen LogP contribution in [0.15, 0.2) is 47.5 Å². The highest BCUT2D eigenvalue weighted by Gasteiger charge is 2.40. The lowest BCUT2D eigenvalue weighted by molar-refractivity contribution is -0.121. The number of anilines is 2. The Morgan fingerprint density at radius 1 is 1.16 bits per heavy atom. The van der Waals surface area contributed by atoms with Crippen molar-refractivity contribution in [2.45, 2.75) is 25.5 Å². The minimum atomic E-state index is -0.550. The monoisotopic (exact) mass is 441 g/mol. The number of benzene rings is 2. The minimum absolute atomic E-state index is 0.113. The van der Waals surface area contributed by atoms with Crippen LogP contribution in [-0.4, -0.2) is 42.2 Å². The summed E-state index contributed by atoms with van der Waals surface area (Å²) in [7, 11) is 0. The van der Waals surface area contributed by atoms with Gasteiger partial charge in [-0.1, -0.05) is 11.8 Å². The summed E-state index contributed by atoms with van der Waals surface area (Å²) in [5.74, 6) is 1.55. The molecule has 0 saturated carbocycles. The molecule has 0 aliphatic carbocycles. The number of imide groups is 1. The summed E-state index contributed by atoms with van der Waals surface area (Å²) in [6.45, 7) is 5.10. The maximum absolute atomic E-state index is 13.0. The SMILES string of the molecule is CCN=C(Nc1ccc2c(c1)OCO2)S[C@H]1CC(=O)N(c2ccc(OCC)cc2)C1=O. The molecule has 9 heteroatoms. The van der Waals surface area contributed by atoms with Crippen molar-refractivity contribution in [2.24, 2.45) is 4.99 Å². The largest absolute Gasteiger partial charge is 0.494 e. The van der Waals surface area contributed by atoms with Gasteiger partial charge in [0.2, 0.25) is 18.6 Å². The highest BCUT2D eigenvalue weighted by molar-refractivity contribution is 8.15. The summed E-state index contributed by atoms with van der Waals surface area (Å²) in [5.41, 5.74) is 1.31. The Kier molecular flexibility index (Phi) is 6.31. The number of hydrogen-bond donors (Lipinski definition) is 1. The van der Waals surface area contributed by atoms with Gasteiger partial charge in [0.15, 0.2) is 16.7 Å².